The molecular formula is C20H18Cl2N2O2S. The molecule has 1 aromatic heterocycles. The Labute approximate surface area is 171 Å². The Morgan fingerprint density at radius 2 is 1.74 bits per heavy atom. The minimum atomic E-state index is -0.00768. The van der Waals surface area contributed by atoms with E-state index in [-0.39, 0.29) is 5.91 Å². The number of benzene rings is 2. The molecule has 7 heteroatoms. The third-order valence-electron chi connectivity index (χ3n) is 4.79. The lowest BCUT2D eigenvalue weighted by atomic mass is 10.2. The standard InChI is InChI=1S/C20H18Cl2N2O2S/c1-26-15-5-3-14(4-6-15)23-8-10-24(11-9-23)20(25)19-18(22)16-7-2-13(21)12-17(16)27-19/h2-7,12H,8-11H2,1H3. The van der Waals surface area contributed by atoms with E-state index in [1.807, 2.05) is 41.3 Å². The van der Waals surface area contributed by atoms with E-state index in [0.717, 1.165) is 34.6 Å². The molecule has 1 aliphatic heterocycles. The molecule has 2 heterocycles. The van der Waals surface area contributed by atoms with Crippen molar-refractivity contribution in [3.8, 4) is 5.75 Å². The van der Waals surface area contributed by atoms with Crippen LogP contribution >= 0.6 is 34.5 Å². The Morgan fingerprint density at radius 3 is 2.41 bits per heavy atom. The molecule has 2 aromatic carbocycles. The molecule has 3 aromatic rings. The maximum atomic E-state index is 13.0. The largest absolute Gasteiger partial charge is 0.497 e. The molecule has 0 unspecified atom stereocenters. The molecule has 1 saturated heterocycles. The lowest BCUT2D eigenvalue weighted by Gasteiger charge is -2.36. The molecule has 0 bridgehead atoms. The van der Waals surface area contributed by atoms with Crippen molar-refractivity contribution >= 4 is 56.2 Å². The van der Waals surface area contributed by atoms with Crippen molar-refractivity contribution in [2.45, 2.75) is 0 Å². The smallest absolute Gasteiger partial charge is 0.265 e. The molecule has 0 aliphatic carbocycles. The summed E-state index contributed by atoms with van der Waals surface area (Å²) >= 11 is 13.9. The predicted octanol–water partition coefficient (Wildman–Crippen LogP) is 5.18. The molecule has 0 atom stereocenters. The maximum absolute atomic E-state index is 13.0. The van der Waals surface area contributed by atoms with Crippen LogP contribution in [-0.4, -0.2) is 44.1 Å². The number of thiophene rings is 1. The van der Waals surface area contributed by atoms with Gasteiger partial charge in [0.2, 0.25) is 0 Å². The second kappa shape index (κ2) is 7.58. The summed E-state index contributed by atoms with van der Waals surface area (Å²) in [7, 11) is 1.66. The number of carbonyl (C=O) groups is 1. The number of nitrogens with zero attached hydrogens (tertiary/aromatic N) is 2. The molecule has 0 N–H and O–H groups in total. The fourth-order valence-corrected chi connectivity index (χ4v) is 5.04. The number of ether oxygens (including phenoxy) is 1. The molecule has 1 fully saturated rings. The first-order valence-electron chi connectivity index (χ1n) is 8.62. The van der Waals surface area contributed by atoms with Crippen molar-refractivity contribution in [1.29, 1.82) is 0 Å². The number of carbonyl (C=O) groups excluding carboxylic acids is 1. The summed E-state index contributed by atoms with van der Waals surface area (Å²) < 4.78 is 6.14. The molecule has 140 valence electrons. The number of methoxy groups -OCH3 is 1. The zero-order chi connectivity index (χ0) is 19.0. The molecular weight excluding hydrogens is 403 g/mol. The minimum Gasteiger partial charge on any atom is -0.497 e. The van der Waals surface area contributed by atoms with Gasteiger partial charge >= 0.3 is 0 Å². The van der Waals surface area contributed by atoms with E-state index < -0.39 is 0 Å². The van der Waals surface area contributed by atoms with Crippen LogP contribution < -0.4 is 9.64 Å². The van der Waals surface area contributed by atoms with Gasteiger partial charge in [-0.25, -0.2) is 0 Å². The summed E-state index contributed by atoms with van der Waals surface area (Å²) in [5.74, 6) is 0.832. The molecule has 1 aliphatic rings. The maximum Gasteiger partial charge on any atom is 0.265 e. The van der Waals surface area contributed by atoms with E-state index >= 15 is 0 Å². The summed E-state index contributed by atoms with van der Waals surface area (Å²) in [5, 5.41) is 2.05. The fraction of sp³-hybridized carbons (Fsp3) is 0.250. The highest BCUT2D eigenvalue weighted by Crippen LogP contribution is 2.37. The van der Waals surface area contributed by atoms with Gasteiger partial charge in [-0.2, -0.15) is 0 Å². The number of rotatable bonds is 3. The van der Waals surface area contributed by atoms with Gasteiger partial charge in [0.15, 0.2) is 0 Å². The number of fused-ring (bicyclic) bond motifs is 1. The van der Waals surface area contributed by atoms with Crippen molar-refractivity contribution in [2.24, 2.45) is 0 Å². The average molecular weight is 421 g/mol. The van der Waals surface area contributed by atoms with Crippen LogP contribution in [0.25, 0.3) is 10.1 Å². The van der Waals surface area contributed by atoms with Crippen LogP contribution in [0.15, 0.2) is 42.5 Å². The van der Waals surface area contributed by atoms with E-state index in [4.69, 9.17) is 27.9 Å². The molecule has 4 nitrogen and oxygen atoms in total. The molecule has 27 heavy (non-hydrogen) atoms. The highest BCUT2D eigenvalue weighted by Gasteiger charge is 2.26. The number of hydrogen-bond acceptors (Lipinski definition) is 4. The van der Waals surface area contributed by atoms with Crippen molar-refractivity contribution < 1.29 is 9.53 Å². The molecule has 1 amide bonds. The first-order chi connectivity index (χ1) is 13.1. The highest BCUT2D eigenvalue weighted by atomic mass is 35.5. The number of piperazine rings is 1. The Hall–Kier alpha value is -1.95. The fourth-order valence-electron chi connectivity index (χ4n) is 3.28. The topological polar surface area (TPSA) is 32.8 Å². The summed E-state index contributed by atoms with van der Waals surface area (Å²) in [5.41, 5.74) is 1.14. The Morgan fingerprint density at radius 1 is 1.04 bits per heavy atom. The van der Waals surface area contributed by atoms with Crippen molar-refractivity contribution in [1.82, 2.24) is 4.90 Å². The quantitative estimate of drug-likeness (QED) is 0.584. The molecule has 0 radical (unpaired) electrons. The van der Waals surface area contributed by atoms with E-state index in [0.29, 0.717) is 28.0 Å². The van der Waals surface area contributed by atoms with Crippen LogP contribution in [-0.2, 0) is 0 Å². The zero-order valence-corrected chi connectivity index (χ0v) is 17.1. The Balaban J connectivity index is 1.47. The van der Waals surface area contributed by atoms with Gasteiger partial charge in [0.25, 0.3) is 5.91 Å². The summed E-state index contributed by atoms with van der Waals surface area (Å²) in [6, 6.07) is 13.5. The van der Waals surface area contributed by atoms with E-state index in [1.165, 1.54) is 11.3 Å². The van der Waals surface area contributed by atoms with Gasteiger partial charge in [0, 0.05) is 47.0 Å². The van der Waals surface area contributed by atoms with Crippen molar-refractivity contribution in [3.63, 3.8) is 0 Å². The van der Waals surface area contributed by atoms with E-state index in [1.54, 1.807) is 13.2 Å². The van der Waals surface area contributed by atoms with Gasteiger partial charge in [-0.1, -0.05) is 29.3 Å². The third-order valence-corrected chi connectivity index (χ3v) is 6.67. The monoisotopic (exact) mass is 420 g/mol. The summed E-state index contributed by atoms with van der Waals surface area (Å²) in [4.78, 5) is 17.7. The average Bonchev–Trinajstić information content (AvgIpc) is 3.03. The van der Waals surface area contributed by atoms with Gasteiger partial charge in [0.05, 0.1) is 12.1 Å². The van der Waals surface area contributed by atoms with Crippen LogP contribution in [0.3, 0.4) is 0 Å². The van der Waals surface area contributed by atoms with Crippen molar-refractivity contribution in [2.75, 3.05) is 38.2 Å². The van der Waals surface area contributed by atoms with Crippen LogP contribution in [0.4, 0.5) is 5.69 Å². The number of halogens is 2. The van der Waals surface area contributed by atoms with Crippen LogP contribution in [0, 0.1) is 0 Å². The molecule has 4 rings (SSSR count). The first-order valence-corrected chi connectivity index (χ1v) is 10.2. The highest BCUT2D eigenvalue weighted by molar-refractivity contribution is 7.21. The lowest BCUT2D eigenvalue weighted by Crippen LogP contribution is -2.48. The second-order valence-corrected chi connectivity index (χ2v) is 8.23. The van der Waals surface area contributed by atoms with Gasteiger partial charge in [0.1, 0.15) is 10.6 Å². The van der Waals surface area contributed by atoms with Crippen LogP contribution in [0.2, 0.25) is 10.0 Å². The van der Waals surface area contributed by atoms with Gasteiger partial charge in [-0.05, 0) is 36.4 Å². The summed E-state index contributed by atoms with van der Waals surface area (Å²) in [6.07, 6.45) is 0. The van der Waals surface area contributed by atoms with E-state index in [9.17, 15) is 4.79 Å². The Bertz CT molecular complexity index is 980. The van der Waals surface area contributed by atoms with Crippen LogP contribution in [0.1, 0.15) is 9.67 Å². The second-order valence-electron chi connectivity index (χ2n) is 6.36. The van der Waals surface area contributed by atoms with Crippen molar-refractivity contribution in [3.05, 3.63) is 57.4 Å². The summed E-state index contributed by atoms with van der Waals surface area (Å²) in [6.45, 7) is 2.89. The number of hydrogen-bond donors (Lipinski definition) is 0. The predicted molar refractivity (Wildman–Crippen MR) is 113 cm³/mol. The lowest BCUT2D eigenvalue weighted by molar-refractivity contribution is 0.0752. The molecule has 0 spiro atoms. The zero-order valence-electron chi connectivity index (χ0n) is 14.7. The Kier molecular flexibility index (Phi) is 5.17. The SMILES string of the molecule is COc1ccc(N2CCN(C(=O)c3sc4cc(Cl)ccc4c3Cl)CC2)cc1. The first kappa shape index (κ1) is 18.4. The van der Waals surface area contributed by atoms with Gasteiger partial charge < -0.3 is 14.5 Å². The molecule has 0 saturated carbocycles. The normalized spacial score (nSPS) is 14.6. The van der Waals surface area contributed by atoms with E-state index in [2.05, 4.69) is 4.90 Å². The van der Waals surface area contributed by atoms with Gasteiger partial charge in [-0.15, -0.1) is 11.3 Å². The van der Waals surface area contributed by atoms with Crippen LogP contribution in [0.5, 0.6) is 5.75 Å². The minimum absolute atomic E-state index is 0.00768. The van der Waals surface area contributed by atoms with Gasteiger partial charge in [-0.3, -0.25) is 4.79 Å². The number of amides is 1. The third kappa shape index (κ3) is 3.59. The number of anilines is 1.